The molecule has 0 aliphatic carbocycles. The maximum absolute atomic E-state index is 9.35. The molecule has 12 aromatic carbocycles. The van der Waals surface area contributed by atoms with Crippen molar-refractivity contribution in [2.75, 3.05) is 0 Å². The van der Waals surface area contributed by atoms with Crippen molar-refractivity contribution in [1.29, 1.82) is 0 Å². The van der Waals surface area contributed by atoms with E-state index in [-0.39, 0.29) is 293 Å². The van der Waals surface area contributed by atoms with Crippen LogP contribution in [0.3, 0.4) is 0 Å². The minimum Gasteiger partial charge on any atom is -0.454 e. The standard InChI is InChI=1S/C29H28NO.2C24H19N2.C15H9N2.4Ir/c1-28(2,3)19-13-11-18(12-14-19)23-15-20(29(4,5)6)16-24-21-9-7-8-10-22(21)26-27(25(23)24)31-17-30-26;2*1-15-11-12-21-20(13-15)18-9-4-5-10-19(18)24-25-14-22(26(21)24)23-16(2)7-6-8-17(23)3;1-2-7-13-11(5-1)12-6-3-4-8-14(12)17-10-9-16-15(13)17;;;;/h7-9,11-17H,1-6H3;2*4-9,11-14H,1-3H3;1-6,8-10H;;;;/q4*-1;;;;/i7D,8D,9D,11D,12D,13D,14D,15D,16D,17D;4D,5D,9D,11D,12D,13D;1D3,2D3,3D3;1D,2D,3D,4D,5D,6D,8D,9D,10D;;;;. The van der Waals surface area contributed by atoms with E-state index in [1.54, 1.807) is 87.7 Å². The van der Waals surface area contributed by atoms with Gasteiger partial charge in [-0.2, -0.15) is 0 Å². The third-order valence-electron chi connectivity index (χ3n) is 17.4. The summed E-state index contributed by atoms with van der Waals surface area (Å²) >= 11 is 0. The average Bonchev–Trinajstić information content (AvgIpc) is 1.36. The molecular weight excluding hydrogens is 1990 g/mol. The van der Waals surface area contributed by atoms with Gasteiger partial charge in [-0.05, 0) is 147 Å². The molecule has 524 valence electrons. The van der Waals surface area contributed by atoms with Gasteiger partial charge in [-0.1, -0.05) is 183 Å². The Labute approximate surface area is 708 Å². The predicted octanol–water partition coefficient (Wildman–Crippen LogP) is 23.7. The minimum atomic E-state index is -2.58. The number of benzene rings is 12. The maximum atomic E-state index is 9.35. The first-order chi connectivity index (χ1) is 62.4. The quantitative estimate of drug-likeness (QED) is 0.130. The monoisotopic (exact) mass is 2100 g/mol. The van der Waals surface area contributed by atoms with Crippen molar-refractivity contribution in [3.63, 3.8) is 0 Å². The van der Waals surface area contributed by atoms with E-state index in [2.05, 4.69) is 44.2 Å². The molecule has 7 aromatic heterocycles. The van der Waals surface area contributed by atoms with Crippen LogP contribution in [0.25, 0.3) is 148 Å². The van der Waals surface area contributed by atoms with Crippen LogP contribution in [0.4, 0.5) is 0 Å². The van der Waals surface area contributed by atoms with Gasteiger partial charge in [0.2, 0.25) is 0 Å². The van der Waals surface area contributed by atoms with Crippen LogP contribution < -0.4 is 0 Å². The summed E-state index contributed by atoms with van der Waals surface area (Å²) in [7, 11) is 0. The molecule has 104 heavy (non-hydrogen) atoms. The zero-order valence-corrected chi connectivity index (χ0v) is 66.0. The fraction of sp³-hybridized carbons (Fsp3) is 0.152. The van der Waals surface area contributed by atoms with Crippen molar-refractivity contribution in [1.82, 2.24) is 33.1 Å². The number of hydrogen-bond donors (Lipinski definition) is 0. The molecule has 0 N–H and O–H groups in total. The first-order valence-electron chi connectivity index (χ1n) is 48.6. The second-order valence-electron chi connectivity index (χ2n) is 26.0. The van der Waals surface area contributed by atoms with E-state index in [9.17, 15) is 2.74 Å². The first kappa shape index (κ1) is 42.7. The molecular formula is C92H75Ir4N7O-4. The SMILES string of the molecule is [2H]C([2H])([2H])c1ccc2c(c1)c1ccc[c-]c1c1ncc(-c3c(C([2H])([2H])[2H])cccc3C([2H])([2H])[2H])n21.[2H]c1[c-]c2c(c([2H])c1[2H])c1c([2H])c(C)c([2H])c([2H])c1n1c(-c3c(C)cccc3C)cnc21.[2H]c1[c-]c2c(c([2H])c1[2H])c1c([2H])c([2H])c([2H])c([2H])c1n1c([2H])c([2H])nc21.[2H]c1nc2c3[c-]c([2H])c([2H])c([2H])c3c3c([2H])c(C(C)(C)C)c([2H])c(-c4c([2H])c([2H])c(C(C)(C)C)c([2H])c4[2H])c3c2o1.[Ir].[Ir].[Ir].[Ir]. The Kier molecular flexibility index (Phi) is 12.2. The second kappa shape index (κ2) is 29.8. The topological polar surface area (TPSA) is 77.9 Å². The van der Waals surface area contributed by atoms with Gasteiger partial charge in [0.1, 0.15) is 6.95 Å². The van der Waals surface area contributed by atoms with Crippen LogP contribution in [0.1, 0.15) is 133 Å². The third kappa shape index (κ3) is 13.2. The molecule has 0 atom stereocenters. The largest absolute Gasteiger partial charge is 0.454 e. The molecule has 0 fully saturated rings. The fourth-order valence-electron chi connectivity index (χ4n) is 12.7. The van der Waals surface area contributed by atoms with Gasteiger partial charge in [0, 0.05) is 164 Å². The van der Waals surface area contributed by atoms with Crippen LogP contribution in [-0.4, -0.2) is 33.1 Å². The summed E-state index contributed by atoms with van der Waals surface area (Å²) in [4.78, 5) is 17.2. The van der Waals surface area contributed by atoms with Crippen LogP contribution in [-0.2, 0) is 91.3 Å². The zero-order chi connectivity index (χ0) is 98.1. The zero-order valence-electron chi connectivity index (χ0n) is 90.5. The molecule has 0 saturated carbocycles. The molecule has 8 nitrogen and oxygen atoms in total. The van der Waals surface area contributed by atoms with Gasteiger partial charge in [-0.15, -0.1) is 118 Å². The number of nitrogens with zero attached hydrogens (tertiary/aromatic N) is 7. The number of aryl methyl sites for hydroxylation is 5. The number of hydrogen-bond acceptors (Lipinski definition) is 5. The molecule has 12 heteroatoms. The van der Waals surface area contributed by atoms with Gasteiger partial charge in [0.25, 0.3) is 0 Å². The van der Waals surface area contributed by atoms with Crippen molar-refractivity contribution in [3.05, 3.63) is 306 Å². The molecule has 0 unspecified atom stereocenters. The first-order valence-corrected chi connectivity index (χ1v) is 31.6. The molecule has 0 spiro atoms. The summed E-state index contributed by atoms with van der Waals surface area (Å²) < 4.78 is 293. The van der Waals surface area contributed by atoms with Crippen molar-refractivity contribution < 1.29 is 131 Å². The van der Waals surface area contributed by atoms with Crippen LogP contribution in [0.5, 0.6) is 0 Å². The number of aromatic nitrogens is 7. The molecule has 19 rings (SSSR count). The van der Waals surface area contributed by atoms with E-state index in [1.165, 1.54) is 30.5 Å². The van der Waals surface area contributed by atoms with Gasteiger partial charge in [-0.25, -0.2) is 0 Å². The fourth-order valence-corrected chi connectivity index (χ4v) is 12.7. The Balaban J connectivity index is 0.000000165. The van der Waals surface area contributed by atoms with Gasteiger partial charge in [0.15, 0.2) is 6.37 Å². The van der Waals surface area contributed by atoms with E-state index in [0.29, 0.717) is 60.8 Å². The summed E-state index contributed by atoms with van der Waals surface area (Å²) in [5.74, 6) is 0. The number of pyridine rings is 3. The Morgan fingerprint density at radius 2 is 1.04 bits per heavy atom. The van der Waals surface area contributed by atoms with Gasteiger partial charge in [0.05, 0.1) is 48.9 Å². The van der Waals surface area contributed by atoms with Crippen molar-refractivity contribution in [2.45, 2.75) is 93.7 Å². The maximum Gasteiger partial charge on any atom is 0.171 e. The van der Waals surface area contributed by atoms with Crippen LogP contribution in [0.2, 0.25) is 0 Å². The molecule has 0 bridgehead atoms. The van der Waals surface area contributed by atoms with Crippen molar-refractivity contribution in [2.24, 2.45) is 0 Å². The second-order valence-corrected chi connectivity index (χ2v) is 26.0. The number of rotatable bonds is 3. The Morgan fingerprint density at radius 1 is 0.452 bits per heavy atom. The summed E-state index contributed by atoms with van der Waals surface area (Å²) in [5.41, 5.74) is 4.65. The Bertz CT molecular complexity index is 8340. The summed E-state index contributed by atoms with van der Waals surface area (Å²) in [6, 6.07) is 25.0. The minimum absolute atomic E-state index is 0. The third-order valence-corrected chi connectivity index (χ3v) is 17.4. The number of para-hydroxylation sites is 1. The van der Waals surface area contributed by atoms with E-state index in [0.717, 1.165) is 26.5 Å². The van der Waals surface area contributed by atoms with Gasteiger partial charge in [-0.3, -0.25) is 19.9 Å². The summed E-state index contributed by atoms with van der Waals surface area (Å²) in [6.07, 6.45) is 1.85. The molecule has 19 aromatic rings. The van der Waals surface area contributed by atoms with E-state index >= 15 is 0 Å². The molecule has 0 amide bonds. The Morgan fingerprint density at radius 3 is 1.69 bits per heavy atom. The van der Waals surface area contributed by atoms with Crippen LogP contribution >= 0.6 is 0 Å². The van der Waals surface area contributed by atoms with Crippen LogP contribution in [0.15, 0.2) is 241 Å². The van der Waals surface area contributed by atoms with Gasteiger partial charge < -0.3 is 17.6 Å². The summed E-state index contributed by atoms with van der Waals surface area (Å²) in [5, 5.41) is 3.20. The average molecular weight is 2100 g/mol. The molecule has 0 aliphatic heterocycles. The van der Waals surface area contributed by atoms with Crippen LogP contribution in [0, 0.1) is 65.6 Å². The van der Waals surface area contributed by atoms with E-state index in [1.807, 2.05) is 38.1 Å². The molecule has 0 saturated heterocycles. The van der Waals surface area contributed by atoms with E-state index < -0.39 is 80.2 Å². The summed E-state index contributed by atoms with van der Waals surface area (Å²) in [6.45, 7) is 8.90. The molecule has 7 heterocycles. The van der Waals surface area contributed by atoms with Crippen molar-refractivity contribution in [3.8, 4) is 33.6 Å². The predicted molar refractivity (Wildman–Crippen MR) is 417 cm³/mol. The van der Waals surface area contributed by atoms with E-state index in [4.69, 9.17) is 48.3 Å². The normalized spacial score (nSPS) is 16.5. The Hall–Kier alpha value is -9.14. The number of oxazole rings is 1. The number of imidazole rings is 3. The molecule has 0 aliphatic rings. The van der Waals surface area contributed by atoms with Gasteiger partial charge >= 0.3 is 0 Å². The number of fused-ring (bicyclic) bond motifs is 24. The van der Waals surface area contributed by atoms with Crippen molar-refractivity contribution >= 4 is 115 Å². The molecule has 4 radical (unpaired) electrons. The smallest absolute Gasteiger partial charge is 0.171 e.